The highest BCUT2D eigenvalue weighted by molar-refractivity contribution is 5.04. The van der Waals surface area contributed by atoms with Crippen LogP contribution >= 0.6 is 0 Å². The third-order valence-corrected chi connectivity index (χ3v) is 3.66. The maximum absolute atomic E-state index is 3.08. The van der Waals surface area contributed by atoms with Crippen molar-refractivity contribution in [2.75, 3.05) is 26.2 Å². The van der Waals surface area contributed by atoms with Gasteiger partial charge in [0.1, 0.15) is 32.7 Å². The molecule has 3 N–H and O–H groups in total. The SMILES string of the molecule is CC(C)[NH+]1CC[NH+](Cc2cc[nH+]cc2)CC1. The fourth-order valence-electron chi connectivity index (χ4n) is 2.51. The van der Waals surface area contributed by atoms with Crippen LogP contribution < -0.4 is 14.8 Å². The fraction of sp³-hybridized carbons (Fsp3) is 0.615. The zero-order valence-electron chi connectivity index (χ0n) is 10.4. The summed E-state index contributed by atoms with van der Waals surface area (Å²) in [6, 6.07) is 5.16. The molecule has 1 aliphatic heterocycles. The molecular formula is C13H24N3+3. The number of hydrogen-bond donors (Lipinski definition) is 2. The second-order valence-corrected chi connectivity index (χ2v) is 5.15. The van der Waals surface area contributed by atoms with E-state index in [0.29, 0.717) is 0 Å². The van der Waals surface area contributed by atoms with E-state index < -0.39 is 0 Å². The molecule has 0 spiro atoms. The van der Waals surface area contributed by atoms with Gasteiger partial charge in [0.15, 0.2) is 12.4 Å². The zero-order valence-corrected chi connectivity index (χ0v) is 10.4. The fourth-order valence-corrected chi connectivity index (χ4v) is 2.51. The molecule has 2 rings (SSSR count). The predicted octanol–water partition coefficient (Wildman–Crippen LogP) is -1.81. The van der Waals surface area contributed by atoms with Gasteiger partial charge >= 0.3 is 0 Å². The van der Waals surface area contributed by atoms with Crippen LogP contribution in [0.25, 0.3) is 0 Å². The summed E-state index contributed by atoms with van der Waals surface area (Å²) >= 11 is 0. The number of piperazine rings is 1. The van der Waals surface area contributed by atoms with E-state index in [0.717, 1.165) is 6.04 Å². The van der Waals surface area contributed by atoms with E-state index in [1.54, 1.807) is 9.80 Å². The molecule has 1 aliphatic rings. The van der Waals surface area contributed by atoms with Crippen molar-refractivity contribution in [2.24, 2.45) is 0 Å². The summed E-state index contributed by atoms with van der Waals surface area (Å²) < 4.78 is 0. The molecule has 1 fully saturated rings. The van der Waals surface area contributed by atoms with E-state index in [1.807, 2.05) is 12.4 Å². The van der Waals surface area contributed by atoms with E-state index in [4.69, 9.17) is 0 Å². The van der Waals surface area contributed by atoms with Crippen LogP contribution in [0.1, 0.15) is 19.4 Å². The third-order valence-electron chi connectivity index (χ3n) is 3.66. The van der Waals surface area contributed by atoms with Crippen molar-refractivity contribution < 1.29 is 14.8 Å². The molecule has 3 heteroatoms. The van der Waals surface area contributed by atoms with Crippen LogP contribution in [0, 0.1) is 0 Å². The molecule has 16 heavy (non-hydrogen) atoms. The van der Waals surface area contributed by atoms with Crippen LogP contribution in [-0.2, 0) is 6.54 Å². The first-order valence-corrected chi connectivity index (χ1v) is 6.39. The van der Waals surface area contributed by atoms with Crippen molar-refractivity contribution in [3.05, 3.63) is 30.1 Å². The lowest BCUT2D eigenvalue weighted by atomic mass is 10.2. The van der Waals surface area contributed by atoms with Crippen LogP contribution in [-0.4, -0.2) is 32.2 Å². The lowest BCUT2D eigenvalue weighted by molar-refractivity contribution is -1.03. The molecule has 0 radical (unpaired) electrons. The van der Waals surface area contributed by atoms with E-state index >= 15 is 0 Å². The van der Waals surface area contributed by atoms with Crippen molar-refractivity contribution >= 4 is 0 Å². The molecular weight excluding hydrogens is 198 g/mol. The Bertz CT molecular complexity index is 302. The van der Waals surface area contributed by atoms with E-state index in [2.05, 4.69) is 31.0 Å². The minimum atomic E-state index is 0.785. The number of H-pyrrole nitrogens is 1. The first kappa shape index (κ1) is 11.6. The van der Waals surface area contributed by atoms with Crippen LogP contribution in [0.15, 0.2) is 24.5 Å². The Kier molecular flexibility index (Phi) is 3.91. The Balaban J connectivity index is 1.82. The quantitative estimate of drug-likeness (QED) is 0.602. The molecule has 3 nitrogen and oxygen atoms in total. The minimum absolute atomic E-state index is 0.785. The first-order valence-electron chi connectivity index (χ1n) is 6.39. The highest BCUT2D eigenvalue weighted by Crippen LogP contribution is 1.90. The van der Waals surface area contributed by atoms with Crippen LogP contribution in [0.2, 0.25) is 0 Å². The molecule has 2 heterocycles. The third kappa shape index (κ3) is 3.03. The molecule has 0 aromatic carbocycles. The first-order chi connectivity index (χ1) is 7.75. The largest absolute Gasteiger partial charge is 0.324 e. The Labute approximate surface area is 98.1 Å². The minimum Gasteiger partial charge on any atom is -0.324 e. The van der Waals surface area contributed by atoms with Gasteiger partial charge in [-0.1, -0.05) is 0 Å². The monoisotopic (exact) mass is 222 g/mol. The second-order valence-electron chi connectivity index (χ2n) is 5.15. The highest BCUT2D eigenvalue weighted by atomic mass is 15.3. The van der Waals surface area contributed by atoms with Gasteiger partial charge in [0.25, 0.3) is 0 Å². The average Bonchev–Trinajstić information content (AvgIpc) is 2.31. The van der Waals surface area contributed by atoms with Crippen molar-refractivity contribution in [1.82, 2.24) is 0 Å². The summed E-state index contributed by atoms with van der Waals surface area (Å²) in [6.07, 6.45) is 4.04. The van der Waals surface area contributed by atoms with Gasteiger partial charge in [-0.05, 0) is 13.8 Å². The van der Waals surface area contributed by atoms with Gasteiger partial charge in [-0.3, -0.25) is 0 Å². The van der Waals surface area contributed by atoms with Crippen LogP contribution in [0.4, 0.5) is 0 Å². The summed E-state index contributed by atoms with van der Waals surface area (Å²) in [5.41, 5.74) is 1.45. The lowest BCUT2D eigenvalue weighted by Gasteiger charge is -2.31. The number of rotatable bonds is 3. The molecule has 0 unspecified atom stereocenters. The maximum atomic E-state index is 3.08. The van der Waals surface area contributed by atoms with Gasteiger partial charge in [0, 0.05) is 17.7 Å². The maximum Gasteiger partial charge on any atom is 0.167 e. The molecule has 0 saturated carbocycles. The summed E-state index contributed by atoms with van der Waals surface area (Å²) in [7, 11) is 0. The van der Waals surface area contributed by atoms with Crippen molar-refractivity contribution in [3.63, 3.8) is 0 Å². The van der Waals surface area contributed by atoms with Gasteiger partial charge in [0.2, 0.25) is 0 Å². The highest BCUT2D eigenvalue weighted by Gasteiger charge is 2.24. The van der Waals surface area contributed by atoms with Gasteiger partial charge in [-0.15, -0.1) is 0 Å². The Hall–Kier alpha value is -0.930. The van der Waals surface area contributed by atoms with Crippen LogP contribution in [0.5, 0.6) is 0 Å². The normalized spacial score (nSPS) is 25.9. The van der Waals surface area contributed by atoms with Gasteiger partial charge in [-0.2, -0.15) is 0 Å². The summed E-state index contributed by atoms with van der Waals surface area (Å²) in [6.45, 7) is 11.1. The average molecular weight is 222 g/mol. The Morgan fingerprint density at radius 3 is 2.31 bits per heavy atom. The Morgan fingerprint density at radius 1 is 1.12 bits per heavy atom. The predicted molar refractivity (Wildman–Crippen MR) is 63.2 cm³/mol. The molecule has 1 aromatic rings. The smallest absolute Gasteiger partial charge is 0.167 e. The summed E-state index contributed by atoms with van der Waals surface area (Å²) in [5.74, 6) is 0. The molecule has 1 saturated heterocycles. The molecule has 0 amide bonds. The Morgan fingerprint density at radius 2 is 1.75 bits per heavy atom. The van der Waals surface area contributed by atoms with Crippen LogP contribution in [0.3, 0.4) is 0 Å². The van der Waals surface area contributed by atoms with Crippen molar-refractivity contribution in [3.8, 4) is 0 Å². The summed E-state index contributed by atoms with van der Waals surface area (Å²) in [4.78, 5) is 6.58. The molecule has 1 aromatic heterocycles. The van der Waals surface area contributed by atoms with E-state index in [9.17, 15) is 0 Å². The molecule has 0 bridgehead atoms. The second kappa shape index (κ2) is 5.41. The number of hydrogen-bond acceptors (Lipinski definition) is 0. The molecule has 0 atom stereocenters. The number of aromatic nitrogens is 1. The molecule has 0 aliphatic carbocycles. The summed E-state index contributed by atoms with van der Waals surface area (Å²) in [5, 5.41) is 0. The standard InChI is InChI=1S/C13H21N3/c1-12(2)16-9-7-15(8-10-16)11-13-3-5-14-6-4-13/h3-6,12H,7-11H2,1-2H3/p+3. The number of quaternary nitrogens is 2. The van der Waals surface area contributed by atoms with Gasteiger partial charge in [-0.25, -0.2) is 4.98 Å². The molecule has 88 valence electrons. The number of aromatic amines is 1. The topological polar surface area (TPSA) is 23.0 Å². The number of nitrogens with one attached hydrogen (secondary N) is 3. The van der Waals surface area contributed by atoms with Crippen molar-refractivity contribution in [2.45, 2.75) is 26.4 Å². The van der Waals surface area contributed by atoms with E-state index in [-0.39, 0.29) is 0 Å². The van der Waals surface area contributed by atoms with E-state index in [1.165, 1.54) is 38.3 Å². The number of pyridine rings is 1. The van der Waals surface area contributed by atoms with Gasteiger partial charge in [0.05, 0.1) is 6.04 Å². The van der Waals surface area contributed by atoms with Gasteiger partial charge < -0.3 is 9.80 Å². The van der Waals surface area contributed by atoms with Crippen molar-refractivity contribution in [1.29, 1.82) is 0 Å². The zero-order chi connectivity index (χ0) is 11.4. The lowest BCUT2D eigenvalue weighted by Crippen LogP contribution is -3.28.